The van der Waals surface area contributed by atoms with Crippen LogP contribution in [0.5, 0.6) is 0 Å². The fourth-order valence-electron chi connectivity index (χ4n) is 1.38. The first-order chi connectivity index (χ1) is 8.20. The van der Waals surface area contributed by atoms with Crippen LogP contribution in [0.3, 0.4) is 0 Å². The molecule has 0 aliphatic rings. The van der Waals surface area contributed by atoms with Crippen LogP contribution < -0.4 is 11.1 Å². The highest BCUT2D eigenvalue weighted by molar-refractivity contribution is 8.00. The largest absolute Gasteiger partial charge is 0.368 e. The highest BCUT2D eigenvalue weighted by atomic mass is 32.2. The number of hydrogen-bond donors (Lipinski definition) is 2. The van der Waals surface area contributed by atoms with Gasteiger partial charge < -0.3 is 11.1 Å². The third-order valence-electron chi connectivity index (χ3n) is 2.20. The molecule has 3 N–H and O–H groups in total. The molecule has 88 valence electrons. The van der Waals surface area contributed by atoms with Crippen LogP contribution in [0.25, 0.3) is 10.9 Å². The monoisotopic (exact) mass is 248 g/mol. The van der Waals surface area contributed by atoms with Crippen molar-refractivity contribution in [2.75, 3.05) is 18.5 Å². The summed E-state index contributed by atoms with van der Waals surface area (Å²) in [5, 5.41) is 4.21. The highest BCUT2D eigenvalue weighted by Gasteiger charge is 2.08. The van der Waals surface area contributed by atoms with Crippen molar-refractivity contribution in [3.63, 3.8) is 0 Å². The van der Waals surface area contributed by atoms with Crippen LogP contribution >= 0.6 is 11.8 Å². The normalized spacial score (nSPS) is 10.4. The average Bonchev–Trinajstić information content (AvgIpc) is 2.35. The average molecular weight is 248 g/mol. The zero-order chi connectivity index (χ0) is 12.3. The van der Waals surface area contributed by atoms with E-state index in [1.165, 1.54) is 11.8 Å². The van der Waals surface area contributed by atoms with Gasteiger partial charge in [0.2, 0.25) is 11.9 Å². The second-order valence-electron chi connectivity index (χ2n) is 3.37. The van der Waals surface area contributed by atoms with Gasteiger partial charge in [0, 0.05) is 12.4 Å². The molecule has 0 saturated carbocycles. The molecule has 0 saturated heterocycles. The summed E-state index contributed by atoms with van der Waals surface area (Å²) in [5.41, 5.74) is 6.42. The van der Waals surface area contributed by atoms with Gasteiger partial charge in [-0.3, -0.25) is 4.79 Å². The van der Waals surface area contributed by atoms with Crippen molar-refractivity contribution in [1.82, 2.24) is 15.3 Å². The van der Waals surface area contributed by atoms with E-state index in [1.54, 1.807) is 7.05 Å². The number of amides is 1. The Morgan fingerprint density at radius 2 is 2.18 bits per heavy atom. The van der Waals surface area contributed by atoms with Gasteiger partial charge in [-0.1, -0.05) is 30.0 Å². The van der Waals surface area contributed by atoms with Crippen molar-refractivity contribution in [1.29, 1.82) is 0 Å². The van der Waals surface area contributed by atoms with Gasteiger partial charge in [0.05, 0.1) is 11.3 Å². The molecule has 17 heavy (non-hydrogen) atoms. The molecule has 0 bridgehead atoms. The number of carbonyl (C=O) groups excluding carboxylic acids is 1. The number of nitrogens with two attached hydrogens (primary N) is 1. The third-order valence-corrected chi connectivity index (χ3v) is 3.20. The number of anilines is 1. The van der Waals surface area contributed by atoms with Crippen molar-refractivity contribution in [2.24, 2.45) is 0 Å². The highest BCUT2D eigenvalue weighted by Crippen LogP contribution is 2.25. The molecule has 1 aromatic heterocycles. The topological polar surface area (TPSA) is 80.9 Å². The Morgan fingerprint density at radius 3 is 2.94 bits per heavy atom. The molecule has 0 unspecified atom stereocenters. The maximum atomic E-state index is 11.2. The number of thioether (sulfide) groups is 1. The lowest BCUT2D eigenvalue weighted by Crippen LogP contribution is -2.19. The summed E-state index contributed by atoms with van der Waals surface area (Å²) in [6.45, 7) is 0. The smallest absolute Gasteiger partial charge is 0.230 e. The zero-order valence-corrected chi connectivity index (χ0v) is 10.1. The second-order valence-corrected chi connectivity index (χ2v) is 4.33. The Kier molecular flexibility index (Phi) is 3.43. The molecule has 1 aromatic carbocycles. The van der Waals surface area contributed by atoms with E-state index in [1.807, 2.05) is 24.3 Å². The van der Waals surface area contributed by atoms with Gasteiger partial charge in [-0.05, 0) is 6.07 Å². The van der Waals surface area contributed by atoms with Crippen LogP contribution in [0, 0.1) is 0 Å². The summed E-state index contributed by atoms with van der Waals surface area (Å²) in [7, 11) is 1.61. The van der Waals surface area contributed by atoms with E-state index in [0.29, 0.717) is 5.75 Å². The quantitative estimate of drug-likeness (QED) is 0.627. The van der Waals surface area contributed by atoms with E-state index in [-0.39, 0.29) is 11.9 Å². The summed E-state index contributed by atoms with van der Waals surface area (Å²) < 4.78 is 0. The molecule has 0 fully saturated rings. The molecule has 5 nitrogen and oxygen atoms in total. The lowest BCUT2D eigenvalue weighted by atomic mass is 10.2. The summed E-state index contributed by atoms with van der Waals surface area (Å²) in [4.78, 5) is 19.5. The maximum absolute atomic E-state index is 11.2. The van der Waals surface area contributed by atoms with Crippen molar-refractivity contribution in [2.45, 2.75) is 5.03 Å². The van der Waals surface area contributed by atoms with Crippen LogP contribution in [0.1, 0.15) is 0 Å². The number of para-hydroxylation sites is 1. The molecule has 0 aliphatic heterocycles. The van der Waals surface area contributed by atoms with E-state index in [9.17, 15) is 4.79 Å². The van der Waals surface area contributed by atoms with Crippen LogP contribution in [0.15, 0.2) is 29.3 Å². The summed E-state index contributed by atoms with van der Waals surface area (Å²) in [6, 6.07) is 7.59. The second kappa shape index (κ2) is 5.01. The number of benzene rings is 1. The Labute approximate surface area is 103 Å². The molecule has 6 heteroatoms. The molecular formula is C11H12N4OS. The van der Waals surface area contributed by atoms with Gasteiger partial charge in [-0.15, -0.1) is 0 Å². The fourth-order valence-corrected chi connectivity index (χ4v) is 2.28. The molecule has 0 spiro atoms. The van der Waals surface area contributed by atoms with Crippen molar-refractivity contribution < 1.29 is 4.79 Å². The summed E-state index contributed by atoms with van der Waals surface area (Å²) in [5.74, 6) is 0.496. The number of aromatic nitrogens is 2. The molecule has 2 aromatic rings. The minimum Gasteiger partial charge on any atom is -0.368 e. The van der Waals surface area contributed by atoms with Gasteiger partial charge in [-0.25, -0.2) is 9.97 Å². The van der Waals surface area contributed by atoms with Gasteiger partial charge in [0.15, 0.2) is 0 Å². The Bertz CT molecular complexity index is 558. The van der Waals surface area contributed by atoms with Gasteiger partial charge in [-0.2, -0.15) is 0 Å². The van der Waals surface area contributed by atoms with Crippen LogP contribution in [-0.4, -0.2) is 28.7 Å². The summed E-state index contributed by atoms with van der Waals surface area (Å²) in [6.07, 6.45) is 0. The number of nitrogens with zero attached hydrogens (tertiary/aromatic N) is 2. The maximum Gasteiger partial charge on any atom is 0.230 e. The Morgan fingerprint density at radius 1 is 1.41 bits per heavy atom. The number of rotatable bonds is 3. The van der Waals surface area contributed by atoms with E-state index in [0.717, 1.165) is 15.9 Å². The Hall–Kier alpha value is -1.82. The molecule has 2 rings (SSSR count). The molecular weight excluding hydrogens is 236 g/mol. The van der Waals surface area contributed by atoms with Crippen LogP contribution in [-0.2, 0) is 4.79 Å². The van der Waals surface area contributed by atoms with E-state index < -0.39 is 0 Å². The molecule has 1 amide bonds. The van der Waals surface area contributed by atoms with Crippen molar-refractivity contribution >= 4 is 34.5 Å². The SMILES string of the molecule is CNC(=O)CSc1nc(N)nc2ccccc12. The summed E-state index contributed by atoms with van der Waals surface area (Å²) >= 11 is 1.35. The van der Waals surface area contributed by atoms with Gasteiger partial charge in [0.1, 0.15) is 5.03 Å². The van der Waals surface area contributed by atoms with E-state index >= 15 is 0 Å². The molecule has 1 heterocycles. The predicted octanol–water partition coefficient (Wildman–Crippen LogP) is 1.05. The lowest BCUT2D eigenvalue weighted by Gasteiger charge is -2.05. The van der Waals surface area contributed by atoms with Crippen molar-refractivity contribution in [3.05, 3.63) is 24.3 Å². The minimum absolute atomic E-state index is 0.0451. The molecule has 0 aliphatic carbocycles. The predicted molar refractivity (Wildman–Crippen MR) is 68.7 cm³/mol. The molecule has 0 atom stereocenters. The third kappa shape index (κ3) is 2.65. The lowest BCUT2D eigenvalue weighted by molar-refractivity contribution is -0.118. The molecule has 0 radical (unpaired) electrons. The first-order valence-electron chi connectivity index (χ1n) is 5.06. The zero-order valence-electron chi connectivity index (χ0n) is 9.30. The van der Waals surface area contributed by atoms with Gasteiger partial charge >= 0.3 is 0 Å². The number of nitrogens with one attached hydrogen (secondary N) is 1. The minimum atomic E-state index is -0.0451. The standard InChI is InChI=1S/C11H12N4OS/c1-13-9(16)6-17-10-7-4-2-3-5-8(7)14-11(12)15-10/h2-5H,6H2,1H3,(H,13,16)(H2,12,14,15). The fraction of sp³-hybridized carbons (Fsp3) is 0.182. The number of hydrogen-bond acceptors (Lipinski definition) is 5. The van der Waals surface area contributed by atoms with Crippen LogP contribution in [0.2, 0.25) is 0 Å². The van der Waals surface area contributed by atoms with E-state index in [2.05, 4.69) is 15.3 Å². The first-order valence-corrected chi connectivity index (χ1v) is 6.05. The Balaban J connectivity index is 2.35. The van der Waals surface area contributed by atoms with Gasteiger partial charge in [0.25, 0.3) is 0 Å². The van der Waals surface area contributed by atoms with Crippen molar-refractivity contribution in [3.8, 4) is 0 Å². The number of nitrogen functional groups attached to an aromatic ring is 1. The number of fused-ring (bicyclic) bond motifs is 1. The number of carbonyl (C=O) groups is 1. The van der Waals surface area contributed by atoms with E-state index in [4.69, 9.17) is 5.73 Å². The van der Waals surface area contributed by atoms with Crippen LogP contribution in [0.4, 0.5) is 5.95 Å². The first kappa shape index (κ1) is 11.7.